The van der Waals surface area contributed by atoms with Crippen LogP contribution in [0.25, 0.3) is 6.08 Å². The third-order valence-corrected chi connectivity index (χ3v) is 5.53. The molecule has 0 aliphatic carbocycles. The van der Waals surface area contributed by atoms with E-state index in [4.69, 9.17) is 0 Å². The van der Waals surface area contributed by atoms with Crippen LogP contribution < -0.4 is 0 Å². The fourth-order valence-corrected chi connectivity index (χ4v) is 3.34. The quantitative estimate of drug-likeness (QED) is 0.231. The van der Waals surface area contributed by atoms with Gasteiger partial charge < -0.3 is 9.42 Å². The average Bonchev–Trinajstić information content (AvgIpc) is 2.60. The molecule has 140 valence electrons. The molecule has 0 aliphatic rings. The second kappa shape index (κ2) is 12.0. The van der Waals surface area contributed by atoms with Gasteiger partial charge in [0.25, 0.3) is 0 Å². The largest absolute Gasteiger partial charge is 0.327 e. The molecule has 25 heavy (non-hydrogen) atoms. The van der Waals surface area contributed by atoms with Crippen molar-refractivity contribution in [3.8, 4) is 0 Å². The number of nitro groups is 1. The highest BCUT2D eigenvalue weighted by molar-refractivity contribution is 7.52. The van der Waals surface area contributed by atoms with E-state index >= 15 is 0 Å². The Hall–Kier alpha value is -1.49. The highest BCUT2D eigenvalue weighted by atomic mass is 31.2. The van der Waals surface area contributed by atoms with Gasteiger partial charge in [-0.25, -0.2) is 0 Å². The number of hydrogen-bond donors (Lipinski definition) is 1. The van der Waals surface area contributed by atoms with Gasteiger partial charge in [-0.2, -0.15) is 0 Å². The van der Waals surface area contributed by atoms with E-state index < -0.39 is 13.6 Å². The zero-order valence-electron chi connectivity index (χ0n) is 14.8. The number of benzene rings is 1. The average molecular weight is 369 g/mol. The first-order valence-electron chi connectivity index (χ1n) is 8.67. The van der Waals surface area contributed by atoms with Gasteiger partial charge >= 0.3 is 7.60 Å². The summed E-state index contributed by atoms with van der Waals surface area (Å²) in [6.07, 6.45) is 9.04. The Bertz CT molecular complexity index is 576. The van der Waals surface area contributed by atoms with Gasteiger partial charge in [0.05, 0.1) is 6.16 Å². The summed E-state index contributed by atoms with van der Waals surface area (Å²) in [5, 5.41) is 11.1. The highest BCUT2D eigenvalue weighted by Gasteiger charge is 2.22. The SMILES string of the molecule is COP(=O)(O)CCCC(CCCCCC=Cc1ccccc1)[N+](=O)[O-]. The first-order valence-corrected chi connectivity index (χ1v) is 10.4. The van der Waals surface area contributed by atoms with Crippen molar-refractivity contribution >= 4 is 13.7 Å². The Morgan fingerprint density at radius 1 is 1.20 bits per heavy atom. The first-order chi connectivity index (χ1) is 11.9. The van der Waals surface area contributed by atoms with Crippen LogP contribution in [0.3, 0.4) is 0 Å². The Morgan fingerprint density at radius 2 is 1.88 bits per heavy atom. The summed E-state index contributed by atoms with van der Waals surface area (Å²) in [6, 6.07) is 9.44. The van der Waals surface area contributed by atoms with Crippen LogP contribution in [-0.4, -0.2) is 29.1 Å². The standard InChI is InChI=1S/C18H28NO5P/c1-24-25(22,23)16-10-15-18(19(20)21)14-9-4-2-3-6-11-17-12-7-5-8-13-17/h5-8,11-13,18H,2-4,9-10,14-16H2,1H3,(H,22,23). The number of rotatable bonds is 13. The van der Waals surface area contributed by atoms with Crippen molar-refractivity contribution in [3.05, 3.63) is 52.1 Å². The van der Waals surface area contributed by atoms with Crippen molar-refractivity contribution in [1.82, 2.24) is 0 Å². The summed E-state index contributed by atoms with van der Waals surface area (Å²) in [5.74, 6) is 0. The Kier molecular flexibility index (Phi) is 10.3. The maximum atomic E-state index is 11.4. The van der Waals surface area contributed by atoms with Crippen molar-refractivity contribution in [2.75, 3.05) is 13.3 Å². The normalized spacial score (nSPS) is 15.1. The maximum Gasteiger partial charge on any atom is 0.327 e. The summed E-state index contributed by atoms with van der Waals surface area (Å²) in [5.41, 5.74) is 1.17. The fraction of sp³-hybridized carbons (Fsp3) is 0.556. The van der Waals surface area contributed by atoms with E-state index in [2.05, 4.69) is 16.7 Å². The molecule has 0 fully saturated rings. The molecule has 1 aromatic carbocycles. The van der Waals surface area contributed by atoms with Crippen LogP contribution in [0.1, 0.15) is 50.5 Å². The van der Waals surface area contributed by atoms with Crippen LogP contribution in [0.2, 0.25) is 0 Å². The van der Waals surface area contributed by atoms with E-state index in [1.807, 2.05) is 30.3 Å². The predicted octanol–water partition coefficient (Wildman–Crippen LogP) is 4.91. The van der Waals surface area contributed by atoms with E-state index in [-0.39, 0.29) is 11.1 Å². The molecule has 2 atom stereocenters. The van der Waals surface area contributed by atoms with Crippen LogP contribution in [0.4, 0.5) is 0 Å². The molecule has 7 heteroatoms. The lowest BCUT2D eigenvalue weighted by atomic mass is 10.0. The highest BCUT2D eigenvalue weighted by Crippen LogP contribution is 2.41. The van der Waals surface area contributed by atoms with Crippen LogP contribution in [-0.2, 0) is 9.09 Å². The molecule has 1 aromatic rings. The van der Waals surface area contributed by atoms with E-state index in [1.54, 1.807) is 0 Å². The van der Waals surface area contributed by atoms with Gasteiger partial charge in [-0.3, -0.25) is 14.7 Å². The van der Waals surface area contributed by atoms with Crippen molar-refractivity contribution in [1.29, 1.82) is 0 Å². The van der Waals surface area contributed by atoms with E-state index in [1.165, 1.54) is 12.7 Å². The zero-order valence-corrected chi connectivity index (χ0v) is 15.6. The second-order valence-corrected chi connectivity index (χ2v) is 8.16. The van der Waals surface area contributed by atoms with E-state index in [0.29, 0.717) is 19.3 Å². The molecule has 1 N–H and O–H groups in total. The molecule has 0 saturated heterocycles. The van der Waals surface area contributed by atoms with Crippen LogP contribution in [0, 0.1) is 10.1 Å². The van der Waals surface area contributed by atoms with Gasteiger partial charge in [0, 0.05) is 24.9 Å². The van der Waals surface area contributed by atoms with E-state index in [0.717, 1.165) is 25.7 Å². The third-order valence-electron chi connectivity index (χ3n) is 4.08. The molecule has 0 saturated carbocycles. The van der Waals surface area contributed by atoms with Gasteiger partial charge in [-0.15, -0.1) is 0 Å². The lowest BCUT2D eigenvalue weighted by Crippen LogP contribution is -2.19. The summed E-state index contributed by atoms with van der Waals surface area (Å²) >= 11 is 0. The lowest BCUT2D eigenvalue weighted by Gasteiger charge is -2.11. The van der Waals surface area contributed by atoms with Crippen molar-refractivity contribution in [3.63, 3.8) is 0 Å². The Balaban J connectivity index is 2.17. The van der Waals surface area contributed by atoms with Crippen LogP contribution in [0.5, 0.6) is 0 Å². The molecule has 0 radical (unpaired) electrons. The molecule has 0 amide bonds. The van der Waals surface area contributed by atoms with Crippen LogP contribution >= 0.6 is 7.60 Å². The predicted molar refractivity (Wildman–Crippen MR) is 100 cm³/mol. The second-order valence-electron chi connectivity index (χ2n) is 6.08. The van der Waals surface area contributed by atoms with Crippen molar-refractivity contribution in [2.45, 2.75) is 51.0 Å². The van der Waals surface area contributed by atoms with Gasteiger partial charge in [0.2, 0.25) is 6.04 Å². The maximum absolute atomic E-state index is 11.4. The zero-order chi connectivity index (χ0) is 18.5. The molecular weight excluding hydrogens is 341 g/mol. The Morgan fingerprint density at radius 3 is 2.52 bits per heavy atom. The molecule has 1 rings (SSSR count). The molecule has 0 aliphatic heterocycles. The first kappa shape index (κ1) is 21.6. The molecule has 0 bridgehead atoms. The summed E-state index contributed by atoms with van der Waals surface area (Å²) in [6.45, 7) is 0. The minimum absolute atomic E-state index is 0.0296. The molecular formula is C18H28NO5P. The summed E-state index contributed by atoms with van der Waals surface area (Å²) in [7, 11) is -2.38. The third kappa shape index (κ3) is 10.2. The molecule has 0 aromatic heterocycles. The number of nitrogens with zero attached hydrogens (tertiary/aromatic N) is 1. The fourth-order valence-electron chi connectivity index (χ4n) is 2.58. The minimum Gasteiger partial charge on any atom is -0.324 e. The topological polar surface area (TPSA) is 89.7 Å². The summed E-state index contributed by atoms with van der Waals surface area (Å²) < 4.78 is 15.8. The van der Waals surface area contributed by atoms with E-state index in [9.17, 15) is 19.6 Å². The van der Waals surface area contributed by atoms with Gasteiger partial charge in [-0.1, -0.05) is 48.9 Å². The lowest BCUT2D eigenvalue weighted by molar-refractivity contribution is -0.524. The number of unbranched alkanes of at least 4 members (excludes halogenated alkanes) is 3. The molecule has 6 nitrogen and oxygen atoms in total. The number of hydrogen-bond acceptors (Lipinski definition) is 4. The number of allylic oxidation sites excluding steroid dienone is 1. The smallest absolute Gasteiger partial charge is 0.324 e. The monoisotopic (exact) mass is 369 g/mol. The molecule has 0 spiro atoms. The summed E-state index contributed by atoms with van der Waals surface area (Å²) in [4.78, 5) is 20.1. The van der Waals surface area contributed by atoms with Gasteiger partial charge in [0.15, 0.2) is 0 Å². The minimum atomic E-state index is -3.56. The molecule has 0 heterocycles. The Labute approximate surface area is 149 Å². The van der Waals surface area contributed by atoms with Gasteiger partial charge in [0.1, 0.15) is 0 Å². The molecule has 2 unspecified atom stereocenters. The van der Waals surface area contributed by atoms with Crippen LogP contribution in [0.15, 0.2) is 36.4 Å². The van der Waals surface area contributed by atoms with Gasteiger partial charge in [-0.05, 0) is 31.2 Å². The van der Waals surface area contributed by atoms with Crippen molar-refractivity contribution in [2.24, 2.45) is 0 Å². The van der Waals surface area contributed by atoms with Crippen molar-refractivity contribution < 1.29 is 18.9 Å².